The van der Waals surface area contributed by atoms with Gasteiger partial charge in [0.05, 0.1) is 17.2 Å². The van der Waals surface area contributed by atoms with E-state index in [1.54, 1.807) is 18.2 Å². The fraction of sp³-hybridized carbons (Fsp3) is 0.0400. The third kappa shape index (κ3) is 3.97. The largest absolute Gasteiger partial charge is 0.507 e. The summed E-state index contributed by atoms with van der Waals surface area (Å²) in [7, 11) is 0. The summed E-state index contributed by atoms with van der Waals surface area (Å²) in [5.41, 5.74) is 10.7. The van der Waals surface area contributed by atoms with Crippen LogP contribution in [0, 0.1) is 6.92 Å². The number of amides is 1. The number of phenolic OH excluding ortho intramolecular Hbond substituents is 1. The smallest absolute Gasteiger partial charge is 0.261 e. The molecule has 0 bridgehead atoms. The van der Waals surface area contributed by atoms with E-state index >= 15 is 0 Å². The molecule has 0 spiro atoms. The van der Waals surface area contributed by atoms with Crippen LogP contribution in [0.15, 0.2) is 76.3 Å². The van der Waals surface area contributed by atoms with Crippen LogP contribution in [0.25, 0.3) is 22.2 Å². The molecule has 0 saturated carbocycles. The van der Waals surface area contributed by atoms with Gasteiger partial charge in [-0.25, -0.2) is 9.97 Å². The zero-order valence-electron chi connectivity index (χ0n) is 18.0. The number of nitrogens with zero attached hydrogens (tertiary/aromatic N) is 4. The number of nitrogens with two attached hydrogens (primary N) is 1. The highest BCUT2D eigenvalue weighted by atomic mass is 79.9. The van der Waals surface area contributed by atoms with Crippen LogP contribution in [0.2, 0.25) is 0 Å². The van der Waals surface area contributed by atoms with E-state index < -0.39 is 5.91 Å². The number of nitrogen functional groups attached to an aromatic ring is 1. The first kappa shape index (κ1) is 21.6. The Hall–Kier alpha value is -4.24. The summed E-state index contributed by atoms with van der Waals surface area (Å²) < 4.78 is 2.14. The third-order valence-electron chi connectivity index (χ3n) is 5.31. The molecule has 0 saturated heterocycles. The molecule has 0 radical (unpaired) electrons. The monoisotopic (exact) mass is 514 g/mol. The van der Waals surface area contributed by atoms with Crippen molar-refractivity contribution in [3.05, 3.63) is 87.9 Å². The molecule has 5 rings (SSSR count). The lowest BCUT2D eigenvalue weighted by atomic mass is 10.2. The summed E-state index contributed by atoms with van der Waals surface area (Å²) in [5, 5.41) is 17.5. The van der Waals surface area contributed by atoms with Gasteiger partial charge in [0, 0.05) is 15.7 Å². The quantitative estimate of drug-likeness (QED) is 0.289. The Morgan fingerprint density at radius 3 is 2.53 bits per heavy atom. The Labute approximate surface area is 202 Å². The molecule has 8 nitrogen and oxygen atoms in total. The Morgan fingerprint density at radius 1 is 1.09 bits per heavy atom. The zero-order chi connectivity index (χ0) is 23.8. The van der Waals surface area contributed by atoms with E-state index in [1.165, 1.54) is 10.9 Å². The molecule has 2 heterocycles. The van der Waals surface area contributed by atoms with Crippen LogP contribution in [0.5, 0.6) is 5.75 Å². The molecule has 5 aromatic rings. The number of nitrogens with one attached hydrogen (secondary N) is 1. The van der Waals surface area contributed by atoms with Gasteiger partial charge < -0.3 is 16.2 Å². The second-order valence-corrected chi connectivity index (χ2v) is 8.64. The number of carbonyl (C=O) groups is 1. The maximum atomic E-state index is 13.3. The van der Waals surface area contributed by atoms with Gasteiger partial charge >= 0.3 is 0 Å². The first-order chi connectivity index (χ1) is 16.4. The highest BCUT2D eigenvalue weighted by Gasteiger charge is 2.24. The van der Waals surface area contributed by atoms with Crippen molar-refractivity contribution in [3.63, 3.8) is 0 Å². The van der Waals surface area contributed by atoms with Crippen LogP contribution in [0.4, 0.5) is 11.5 Å². The summed E-state index contributed by atoms with van der Waals surface area (Å²) in [6.45, 7) is 1.97. The molecule has 168 valence electrons. The number of benzene rings is 3. The molecule has 0 atom stereocenters. The maximum Gasteiger partial charge on any atom is 0.261 e. The number of aryl methyl sites for hydroxylation is 1. The van der Waals surface area contributed by atoms with Crippen molar-refractivity contribution in [3.8, 4) is 5.75 Å². The number of anilines is 2. The molecule has 0 unspecified atom stereocenters. The number of halogens is 1. The van der Waals surface area contributed by atoms with E-state index in [0.29, 0.717) is 33.4 Å². The second kappa shape index (κ2) is 8.60. The molecule has 0 fully saturated rings. The number of para-hydroxylation sites is 2. The van der Waals surface area contributed by atoms with E-state index in [2.05, 4.69) is 36.3 Å². The second-order valence-electron chi connectivity index (χ2n) is 7.72. The molecular formula is C25H19BrN6O2. The number of phenols is 1. The highest BCUT2D eigenvalue weighted by molar-refractivity contribution is 9.10. The average Bonchev–Trinajstić information content (AvgIpc) is 3.09. The molecule has 34 heavy (non-hydrogen) atoms. The average molecular weight is 515 g/mol. The molecule has 9 heteroatoms. The van der Waals surface area contributed by atoms with Gasteiger partial charge in [0.15, 0.2) is 5.65 Å². The number of fused-ring (bicyclic) bond motifs is 2. The van der Waals surface area contributed by atoms with Crippen LogP contribution in [-0.2, 0) is 0 Å². The number of aromatic nitrogens is 3. The maximum absolute atomic E-state index is 13.3. The summed E-state index contributed by atoms with van der Waals surface area (Å²) >= 11 is 3.38. The minimum atomic E-state index is -0.421. The van der Waals surface area contributed by atoms with Gasteiger partial charge in [-0.3, -0.25) is 4.79 Å². The van der Waals surface area contributed by atoms with Crippen molar-refractivity contribution in [1.82, 2.24) is 14.6 Å². The SMILES string of the molecule is Cc1ccc(NC(=O)c2c(N)n(N=Cc3cc(Br)ccc3O)c3nc4ccccc4nc23)cc1. The molecule has 2 aromatic heterocycles. The van der Waals surface area contributed by atoms with E-state index in [4.69, 9.17) is 5.73 Å². The summed E-state index contributed by atoms with van der Waals surface area (Å²) in [6.07, 6.45) is 1.45. The Balaban J connectivity index is 1.67. The molecule has 1 amide bonds. The van der Waals surface area contributed by atoms with Crippen molar-refractivity contribution in [2.24, 2.45) is 5.10 Å². The van der Waals surface area contributed by atoms with Crippen LogP contribution >= 0.6 is 15.9 Å². The van der Waals surface area contributed by atoms with Crippen molar-refractivity contribution in [1.29, 1.82) is 0 Å². The van der Waals surface area contributed by atoms with Gasteiger partial charge in [0.25, 0.3) is 5.91 Å². The predicted molar refractivity (Wildman–Crippen MR) is 137 cm³/mol. The number of rotatable bonds is 4. The van der Waals surface area contributed by atoms with Crippen molar-refractivity contribution in [2.45, 2.75) is 6.92 Å². The lowest BCUT2D eigenvalue weighted by molar-refractivity contribution is 0.102. The molecule has 3 aromatic carbocycles. The Morgan fingerprint density at radius 2 is 1.79 bits per heavy atom. The van der Waals surface area contributed by atoms with E-state index in [0.717, 1.165) is 10.0 Å². The predicted octanol–water partition coefficient (Wildman–Crippen LogP) is 5.08. The minimum absolute atomic E-state index is 0.0517. The third-order valence-corrected chi connectivity index (χ3v) is 5.81. The fourth-order valence-electron chi connectivity index (χ4n) is 3.57. The normalized spacial score (nSPS) is 11.5. The Kier molecular flexibility index (Phi) is 5.46. The lowest BCUT2D eigenvalue weighted by Gasteiger charge is -2.06. The standard InChI is InChI=1S/C25H19BrN6O2/c1-14-6-9-17(10-7-14)29-25(34)21-22-24(31-19-5-3-2-4-18(19)30-22)32(23(21)27)28-13-15-12-16(26)8-11-20(15)33/h2-13,33H,27H2,1H3,(H,29,34). The number of hydrogen-bond acceptors (Lipinski definition) is 6. The van der Waals surface area contributed by atoms with E-state index in [1.807, 2.05) is 55.5 Å². The first-order valence-corrected chi connectivity index (χ1v) is 11.2. The van der Waals surface area contributed by atoms with Crippen LogP contribution in [0.1, 0.15) is 21.5 Å². The summed E-state index contributed by atoms with van der Waals surface area (Å²) in [6, 6.07) is 19.8. The molecule has 4 N–H and O–H groups in total. The Bertz CT molecular complexity index is 1590. The first-order valence-electron chi connectivity index (χ1n) is 10.4. The molecule has 0 aliphatic heterocycles. The van der Waals surface area contributed by atoms with Crippen molar-refractivity contribution >= 4 is 61.8 Å². The fourth-order valence-corrected chi connectivity index (χ4v) is 3.95. The molecule has 0 aliphatic carbocycles. The number of hydrogen-bond donors (Lipinski definition) is 3. The zero-order valence-corrected chi connectivity index (χ0v) is 19.6. The van der Waals surface area contributed by atoms with E-state index in [-0.39, 0.29) is 17.1 Å². The van der Waals surface area contributed by atoms with Gasteiger partial charge in [-0.05, 0) is 49.4 Å². The molecule has 0 aliphatic rings. The number of aromatic hydroxyl groups is 1. The lowest BCUT2D eigenvalue weighted by Crippen LogP contribution is -2.14. The highest BCUT2D eigenvalue weighted by Crippen LogP contribution is 2.29. The molecular weight excluding hydrogens is 496 g/mol. The van der Waals surface area contributed by atoms with Crippen molar-refractivity contribution in [2.75, 3.05) is 11.1 Å². The van der Waals surface area contributed by atoms with E-state index in [9.17, 15) is 9.90 Å². The summed E-state index contributed by atoms with van der Waals surface area (Å²) in [4.78, 5) is 22.6. The summed E-state index contributed by atoms with van der Waals surface area (Å²) in [5.74, 6) is -0.285. The van der Waals surface area contributed by atoms with Crippen LogP contribution in [-0.4, -0.2) is 31.9 Å². The number of carbonyl (C=O) groups excluding carboxylic acids is 1. The van der Waals surface area contributed by atoms with Gasteiger partial charge in [0.1, 0.15) is 22.6 Å². The van der Waals surface area contributed by atoms with Gasteiger partial charge in [-0.1, -0.05) is 45.8 Å². The minimum Gasteiger partial charge on any atom is -0.507 e. The topological polar surface area (TPSA) is 118 Å². The van der Waals surface area contributed by atoms with Crippen molar-refractivity contribution < 1.29 is 9.90 Å². The van der Waals surface area contributed by atoms with Gasteiger partial charge in [-0.15, -0.1) is 0 Å². The van der Waals surface area contributed by atoms with Gasteiger partial charge in [-0.2, -0.15) is 9.78 Å². The van der Waals surface area contributed by atoms with Crippen LogP contribution < -0.4 is 11.1 Å². The van der Waals surface area contributed by atoms with Gasteiger partial charge in [0.2, 0.25) is 0 Å². The van der Waals surface area contributed by atoms with Crippen LogP contribution in [0.3, 0.4) is 0 Å².